The van der Waals surface area contributed by atoms with Crippen molar-refractivity contribution in [3.05, 3.63) is 81.9 Å². The second kappa shape index (κ2) is 8.05. The van der Waals surface area contributed by atoms with Crippen molar-refractivity contribution in [3.8, 4) is 0 Å². The van der Waals surface area contributed by atoms with E-state index in [1.807, 2.05) is 30.3 Å². The molecule has 8 heteroatoms. The number of carbonyl (C=O) groups excluding carboxylic acids is 2. The van der Waals surface area contributed by atoms with E-state index in [0.29, 0.717) is 11.8 Å². The molecule has 0 fully saturated rings. The molecule has 0 radical (unpaired) electrons. The number of amides is 1. The second-order valence-corrected chi connectivity index (χ2v) is 6.57. The number of halogens is 2. The van der Waals surface area contributed by atoms with Gasteiger partial charge in [0.25, 0.3) is 5.91 Å². The van der Waals surface area contributed by atoms with E-state index in [0.717, 1.165) is 29.0 Å². The van der Waals surface area contributed by atoms with Crippen LogP contribution in [0.3, 0.4) is 0 Å². The van der Waals surface area contributed by atoms with E-state index in [1.165, 1.54) is 0 Å². The minimum atomic E-state index is -0.983. The second-order valence-electron chi connectivity index (χ2n) is 5.57. The lowest BCUT2D eigenvalue weighted by molar-refractivity contribution is 0.0477. The quantitative estimate of drug-likeness (QED) is 0.660. The standard InChI is InChI=1S/C19H14F2N2O3S/c1-11-16(18(25)26-10-12-5-3-2-4-6-12)27-19(22-11)23-17(24)14-8-7-13(20)9-15(14)21/h2-9H,10H2,1H3,(H,22,23,24). The maximum Gasteiger partial charge on any atom is 0.350 e. The Balaban J connectivity index is 1.68. The van der Waals surface area contributed by atoms with Gasteiger partial charge in [0.15, 0.2) is 5.13 Å². The summed E-state index contributed by atoms with van der Waals surface area (Å²) in [6.45, 7) is 1.71. The molecule has 3 aromatic rings. The van der Waals surface area contributed by atoms with Crippen molar-refractivity contribution < 1.29 is 23.1 Å². The number of ether oxygens (including phenoxy) is 1. The van der Waals surface area contributed by atoms with Crippen molar-refractivity contribution in [1.82, 2.24) is 4.98 Å². The molecule has 0 unspecified atom stereocenters. The molecule has 2 aromatic carbocycles. The number of aryl methyl sites for hydroxylation is 1. The van der Waals surface area contributed by atoms with E-state index in [4.69, 9.17) is 4.74 Å². The van der Waals surface area contributed by atoms with Crippen molar-refractivity contribution in [2.24, 2.45) is 0 Å². The van der Waals surface area contributed by atoms with Gasteiger partial charge in [-0.1, -0.05) is 41.7 Å². The zero-order valence-electron chi connectivity index (χ0n) is 14.2. The summed E-state index contributed by atoms with van der Waals surface area (Å²) in [5.41, 5.74) is 0.902. The van der Waals surface area contributed by atoms with Crippen LogP contribution in [0.25, 0.3) is 0 Å². The van der Waals surface area contributed by atoms with E-state index in [9.17, 15) is 18.4 Å². The number of rotatable bonds is 5. The molecular weight excluding hydrogens is 374 g/mol. The Morgan fingerprint density at radius 2 is 1.89 bits per heavy atom. The Kier molecular flexibility index (Phi) is 5.56. The number of nitrogens with one attached hydrogen (secondary N) is 1. The van der Waals surface area contributed by atoms with Crippen molar-refractivity contribution >= 4 is 28.3 Å². The Labute approximate surface area is 157 Å². The highest BCUT2D eigenvalue weighted by Crippen LogP contribution is 2.24. The molecule has 27 heavy (non-hydrogen) atoms. The first-order valence-electron chi connectivity index (χ1n) is 7.89. The molecule has 1 amide bonds. The number of hydrogen-bond acceptors (Lipinski definition) is 5. The highest BCUT2D eigenvalue weighted by Gasteiger charge is 2.19. The normalized spacial score (nSPS) is 10.5. The van der Waals surface area contributed by atoms with Crippen LogP contribution in [0.15, 0.2) is 48.5 Å². The minimum absolute atomic E-state index is 0.111. The first-order valence-corrected chi connectivity index (χ1v) is 8.70. The van der Waals surface area contributed by atoms with Gasteiger partial charge >= 0.3 is 5.97 Å². The lowest BCUT2D eigenvalue weighted by Gasteiger charge is -2.03. The third kappa shape index (κ3) is 4.53. The summed E-state index contributed by atoms with van der Waals surface area (Å²) in [6, 6.07) is 11.8. The lowest BCUT2D eigenvalue weighted by atomic mass is 10.2. The van der Waals surface area contributed by atoms with Crippen molar-refractivity contribution in [2.75, 3.05) is 5.32 Å². The molecule has 0 saturated carbocycles. The summed E-state index contributed by atoms with van der Waals surface area (Å²) >= 11 is 0.921. The fraction of sp³-hybridized carbons (Fsp3) is 0.105. The van der Waals surface area contributed by atoms with Crippen LogP contribution < -0.4 is 5.32 Å². The molecule has 0 saturated heterocycles. The minimum Gasteiger partial charge on any atom is -0.457 e. The van der Waals surface area contributed by atoms with Crippen molar-refractivity contribution in [1.29, 1.82) is 0 Å². The number of benzene rings is 2. The average Bonchev–Trinajstić information content (AvgIpc) is 3.00. The number of hydrogen-bond donors (Lipinski definition) is 1. The third-order valence-corrected chi connectivity index (χ3v) is 4.64. The molecule has 3 rings (SSSR count). The van der Waals surface area contributed by atoms with Gasteiger partial charge in [-0.3, -0.25) is 10.1 Å². The number of anilines is 1. The summed E-state index contributed by atoms with van der Waals surface area (Å²) in [7, 11) is 0. The van der Waals surface area contributed by atoms with E-state index >= 15 is 0 Å². The molecule has 0 aliphatic rings. The Hall–Kier alpha value is -3.13. The summed E-state index contributed by atoms with van der Waals surface area (Å²) in [5, 5.41) is 2.53. The number of esters is 1. The Bertz CT molecular complexity index is 990. The lowest BCUT2D eigenvalue weighted by Crippen LogP contribution is -2.13. The van der Waals surface area contributed by atoms with Gasteiger partial charge in [-0.2, -0.15) is 0 Å². The maximum absolute atomic E-state index is 13.7. The van der Waals surface area contributed by atoms with Crippen LogP contribution in [0.2, 0.25) is 0 Å². The molecule has 5 nitrogen and oxygen atoms in total. The molecule has 138 valence electrons. The molecule has 1 aromatic heterocycles. The summed E-state index contributed by atoms with van der Waals surface area (Å²) in [5.74, 6) is -3.12. The van der Waals surface area contributed by atoms with Crippen molar-refractivity contribution in [2.45, 2.75) is 13.5 Å². The Morgan fingerprint density at radius 3 is 2.59 bits per heavy atom. The summed E-state index contributed by atoms with van der Waals surface area (Å²) in [6.07, 6.45) is 0. The number of thiazole rings is 1. The summed E-state index contributed by atoms with van der Waals surface area (Å²) in [4.78, 5) is 28.7. The van der Waals surface area contributed by atoms with Crippen LogP contribution in [-0.2, 0) is 11.3 Å². The van der Waals surface area contributed by atoms with Gasteiger partial charge in [0.05, 0.1) is 11.3 Å². The first kappa shape index (κ1) is 18.7. The SMILES string of the molecule is Cc1nc(NC(=O)c2ccc(F)cc2F)sc1C(=O)OCc1ccccc1. The van der Waals surface area contributed by atoms with Crippen molar-refractivity contribution in [3.63, 3.8) is 0 Å². The predicted octanol–water partition coefficient (Wildman–Crippen LogP) is 4.34. The highest BCUT2D eigenvalue weighted by atomic mass is 32.1. The van der Waals surface area contributed by atoms with Gasteiger partial charge < -0.3 is 4.74 Å². The molecule has 0 spiro atoms. The third-order valence-electron chi connectivity index (χ3n) is 3.59. The van der Waals surface area contributed by atoms with Gasteiger partial charge in [-0.05, 0) is 24.6 Å². The fourth-order valence-corrected chi connectivity index (χ4v) is 3.12. The highest BCUT2D eigenvalue weighted by molar-refractivity contribution is 7.17. The van der Waals surface area contributed by atoms with E-state index in [-0.39, 0.29) is 22.2 Å². The molecule has 0 aliphatic heterocycles. The molecule has 0 bridgehead atoms. The zero-order valence-corrected chi connectivity index (χ0v) is 15.0. The van der Waals surface area contributed by atoms with Gasteiger partial charge in [-0.15, -0.1) is 0 Å². The predicted molar refractivity (Wildman–Crippen MR) is 96.7 cm³/mol. The maximum atomic E-state index is 13.7. The van der Waals surface area contributed by atoms with Crippen LogP contribution in [0, 0.1) is 18.6 Å². The number of nitrogens with zero attached hydrogens (tertiary/aromatic N) is 1. The first-order chi connectivity index (χ1) is 12.9. The van der Waals surface area contributed by atoms with Crippen LogP contribution in [0.4, 0.5) is 13.9 Å². The smallest absolute Gasteiger partial charge is 0.350 e. The van der Waals surface area contributed by atoms with Gasteiger partial charge in [0, 0.05) is 6.07 Å². The molecular formula is C19H14F2N2O3S. The van der Waals surface area contributed by atoms with E-state index in [1.54, 1.807) is 6.92 Å². The average molecular weight is 388 g/mol. The molecule has 0 atom stereocenters. The van der Waals surface area contributed by atoms with E-state index in [2.05, 4.69) is 10.3 Å². The summed E-state index contributed by atoms with van der Waals surface area (Å²) < 4.78 is 31.9. The van der Waals surface area contributed by atoms with Crippen LogP contribution in [-0.4, -0.2) is 16.9 Å². The van der Waals surface area contributed by atoms with E-state index < -0.39 is 23.5 Å². The largest absolute Gasteiger partial charge is 0.457 e. The topological polar surface area (TPSA) is 68.3 Å². The molecule has 0 aliphatic carbocycles. The fourth-order valence-electron chi connectivity index (χ4n) is 2.27. The van der Waals surface area contributed by atoms with Gasteiger partial charge in [0.1, 0.15) is 23.1 Å². The van der Waals surface area contributed by atoms with Crippen LogP contribution in [0.5, 0.6) is 0 Å². The van der Waals surface area contributed by atoms with Gasteiger partial charge in [0.2, 0.25) is 0 Å². The zero-order chi connectivity index (χ0) is 19.4. The Morgan fingerprint density at radius 1 is 1.15 bits per heavy atom. The number of carbonyl (C=O) groups is 2. The van der Waals surface area contributed by atoms with Crippen LogP contribution in [0.1, 0.15) is 31.3 Å². The molecule has 1 N–H and O–H groups in total. The molecule has 1 heterocycles. The van der Waals surface area contributed by atoms with Gasteiger partial charge in [-0.25, -0.2) is 18.6 Å². The monoisotopic (exact) mass is 388 g/mol. The number of aromatic nitrogens is 1. The van der Waals surface area contributed by atoms with Crippen LogP contribution >= 0.6 is 11.3 Å².